The molecule has 0 aliphatic heterocycles. The van der Waals surface area contributed by atoms with Crippen molar-refractivity contribution in [3.05, 3.63) is 70.9 Å². The van der Waals surface area contributed by atoms with E-state index < -0.39 is 11.7 Å². The van der Waals surface area contributed by atoms with Crippen LogP contribution in [0.3, 0.4) is 0 Å². The summed E-state index contributed by atoms with van der Waals surface area (Å²) in [7, 11) is 0. The molecule has 3 rings (SSSR count). The number of Topliss-reactive ketones (excluding diaryl/α,β-unsaturated/α-hetero) is 1. The minimum Gasteiger partial charge on any atom is -0.292 e. The molecule has 1 heterocycles. The van der Waals surface area contributed by atoms with Gasteiger partial charge in [0.1, 0.15) is 11.7 Å². The third-order valence-electron chi connectivity index (χ3n) is 3.32. The van der Waals surface area contributed by atoms with Crippen LogP contribution in [0.15, 0.2) is 53.9 Å². The fourth-order valence-electron chi connectivity index (χ4n) is 2.29. The van der Waals surface area contributed by atoms with Gasteiger partial charge in [-0.25, -0.2) is 4.39 Å². The van der Waals surface area contributed by atoms with Crippen molar-refractivity contribution in [2.45, 2.75) is 5.92 Å². The molecule has 0 aliphatic rings. The number of ketones is 1. The van der Waals surface area contributed by atoms with Crippen molar-refractivity contribution in [3.8, 4) is 6.07 Å². The Labute approximate surface area is 125 Å². The lowest BCUT2D eigenvalue weighted by molar-refractivity contribution is 0.0981. The van der Waals surface area contributed by atoms with E-state index in [0.717, 1.165) is 10.1 Å². The fourth-order valence-corrected chi connectivity index (χ4v) is 3.24. The second-order valence-corrected chi connectivity index (χ2v) is 5.54. The van der Waals surface area contributed by atoms with Gasteiger partial charge in [0.05, 0.1) is 6.07 Å². The molecule has 0 saturated heterocycles. The van der Waals surface area contributed by atoms with E-state index in [9.17, 15) is 14.4 Å². The Bertz CT molecular complexity index is 862. The molecule has 102 valence electrons. The predicted molar refractivity (Wildman–Crippen MR) is 80.9 cm³/mol. The summed E-state index contributed by atoms with van der Waals surface area (Å²) >= 11 is 1.46. The Morgan fingerprint density at radius 2 is 2.00 bits per heavy atom. The largest absolute Gasteiger partial charge is 0.292 e. The first kappa shape index (κ1) is 13.5. The number of benzene rings is 2. The fraction of sp³-hybridized carbons (Fsp3) is 0.0588. The van der Waals surface area contributed by atoms with Gasteiger partial charge in [-0.15, -0.1) is 11.3 Å². The zero-order valence-electron chi connectivity index (χ0n) is 10.9. The standard InChI is InChI=1S/C17H10FNOS/c18-12-5-3-4-11(8-12)14(9-19)17(20)15-10-21-16-7-2-1-6-13(15)16/h1-8,10,14H. The normalized spacial score (nSPS) is 12.0. The number of thiophene rings is 1. The van der Waals surface area contributed by atoms with Crippen LogP contribution >= 0.6 is 11.3 Å². The van der Waals surface area contributed by atoms with Gasteiger partial charge in [0.2, 0.25) is 0 Å². The maximum Gasteiger partial charge on any atom is 0.185 e. The van der Waals surface area contributed by atoms with Crippen LogP contribution in [0.25, 0.3) is 10.1 Å². The first-order valence-corrected chi connectivity index (χ1v) is 7.24. The van der Waals surface area contributed by atoms with Crippen LogP contribution in [0, 0.1) is 17.1 Å². The van der Waals surface area contributed by atoms with Crippen LogP contribution < -0.4 is 0 Å². The molecule has 1 unspecified atom stereocenters. The molecule has 0 radical (unpaired) electrons. The molecule has 2 nitrogen and oxygen atoms in total. The van der Waals surface area contributed by atoms with Gasteiger partial charge < -0.3 is 0 Å². The van der Waals surface area contributed by atoms with Crippen molar-refractivity contribution >= 4 is 27.2 Å². The summed E-state index contributed by atoms with van der Waals surface area (Å²) in [6, 6.07) is 15.2. The summed E-state index contributed by atoms with van der Waals surface area (Å²) in [5.41, 5.74) is 0.907. The summed E-state index contributed by atoms with van der Waals surface area (Å²) in [4.78, 5) is 12.6. The molecular formula is C17H10FNOS. The zero-order valence-corrected chi connectivity index (χ0v) is 11.7. The Hall–Kier alpha value is -2.51. The van der Waals surface area contributed by atoms with Gasteiger partial charge in [0, 0.05) is 21.0 Å². The van der Waals surface area contributed by atoms with Crippen LogP contribution in [0.4, 0.5) is 4.39 Å². The van der Waals surface area contributed by atoms with Crippen molar-refractivity contribution < 1.29 is 9.18 Å². The Balaban J connectivity index is 2.06. The first-order valence-electron chi connectivity index (χ1n) is 6.36. The van der Waals surface area contributed by atoms with E-state index in [4.69, 9.17) is 0 Å². The van der Waals surface area contributed by atoms with Crippen molar-refractivity contribution in [1.29, 1.82) is 5.26 Å². The van der Waals surface area contributed by atoms with E-state index >= 15 is 0 Å². The molecule has 4 heteroatoms. The first-order chi connectivity index (χ1) is 10.2. The second kappa shape index (κ2) is 5.47. The number of hydrogen-bond acceptors (Lipinski definition) is 3. The van der Waals surface area contributed by atoms with E-state index in [1.165, 1.54) is 29.5 Å². The molecule has 0 spiro atoms. The highest BCUT2D eigenvalue weighted by Gasteiger charge is 2.24. The highest BCUT2D eigenvalue weighted by molar-refractivity contribution is 7.17. The van der Waals surface area contributed by atoms with Crippen molar-refractivity contribution in [1.82, 2.24) is 0 Å². The minimum absolute atomic E-state index is 0.291. The van der Waals surface area contributed by atoms with Gasteiger partial charge in [-0.05, 0) is 23.8 Å². The van der Waals surface area contributed by atoms with Crippen molar-refractivity contribution in [2.75, 3.05) is 0 Å². The lowest BCUT2D eigenvalue weighted by Crippen LogP contribution is -2.11. The van der Waals surface area contributed by atoms with E-state index in [-0.39, 0.29) is 5.78 Å². The Morgan fingerprint density at radius 3 is 2.76 bits per heavy atom. The molecule has 0 amide bonds. The van der Waals surface area contributed by atoms with Crippen molar-refractivity contribution in [2.24, 2.45) is 0 Å². The minimum atomic E-state index is -0.987. The molecule has 0 bridgehead atoms. The molecule has 0 aliphatic carbocycles. The summed E-state index contributed by atoms with van der Waals surface area (Å²) < 4.78 is 14.3. The van der Waals surface area contributed by atoms with Crippen molar-refractivity contribution in [3.63, 3.8) is 0 Å². The third-order valence-corrected chi connectivity index (χ3v) is 4.28. The maximum absolute atomic E-state index is 13.3. The van der Waals surface area contributed by atoms with Crippen LogP contribution in [0.5, 0.6) is 0 Å². The molecule has 0 saturated carbocycles. The van der Waals surface area contributed by atoms with Crippen LogP contribution in [-0.4, -0.2) is 5.78 Å². The SMILES string of the molecule is N#CC(C(=O)c1csc2ccccc12)c1cccc(F)c1. The van der Waals surface area contributed by atoms with E-state index in [1.807, 2.05) is 30.3 Å². The molecule has 0 N–H and O–H groups in total. The van der Waals surface area contributed by atoms with Gasteiger partial charge >= 0.3 is 0 Å². The van der Waals surface area contributed by atoms with E-state index in [2.05, 4.69) is 0 Å². The molecule has 1 atom stereocenters. The van der Waals surface area contributed by atoms with E-state index in [1.54, 1.807) is 11.4 Å². The summed E-state index contributed by atoms with van der Waals surface area (Å²) in [6.45, 7) is 0. The second-order valence-electron chi connectivity index (χ2n) is 4.63. The van der Waals surface area contributed by atoms with Gasteiger partial charge in [-0.1, -0.05) is 30.3 Å². The summed E-state index contributed by atoms with van der Waals surface area (Å²) in [6.07, 6.45) is 0. The number of nitrogens with zero attached hydrogens (tertiary/aromatic N) is 1. The molecule has 3 aromatic rings. The maximum atomic E-state index is 13.3. The number of carbonyl (C=O) groups excluding carboxylic acids is 1. The predicted octanol–water partition coefficient (Wildman–Crippen LogP) is 4.53. The average molecular weight is 295 g/mol. The highest BCUT2D eigenvalue weighted by Crippen LogP contribution is 2.30. The number of halogens is 1. The average Bonchev–Trinajstić information content (AvgIpc) is 2.92. The highest BCUT2D eigenvalue weighted by atomic mass is 32.1. The lowest BCUT2D eigenvalue weighted by Gasteiger charge is -2.08. The topological polar surface area (TPSA) is 40.9 Å². The summed E-state index contributed by atoms with van der Waals surface area (Å²) in [5.74, 6) is -1.73. The molecule has 2 aromatic carbocycles. The zero-order chi connectivity index (χ0) is 14.8. The number of carbonyl (C=O) groups is 1. The smallest absolute Gasteiger partial charge is 0.185 e. The van der Waals surface area contributed by atoms with Crippen LogP contribution in [-0.2, 0) is 0 Å². The van der Waals surface area contributed by atoms with Gasteiger partial charge in [-0.3, -0.25) is 4.79 Å². The molecular weight excluding hydrogens is 285 g/mol. The summed E-state index contributed by atoms with van der Waals surface area (Å²) in [5, 5.41) is 11.9. The van der Waals surface area contributed by atoms with Crippen LogP contribution in [0.2, 0.25) is 0 Å². The molecule has 21 heavy (non-hydrogen) atoms. The Morgan fingerprint density at radius 1 is 1.19 bits per heavy atom. The van der Waals surface area contributed by atoms with Gasteiger partial charge in [-0.2, -0.15) is 5.26 Å². The molecule has 1 aromatic heterocycles. The number of fused-ring (bicyclic) bond motifs is 1. The Kier molecular flexibility index (Phi) is 3.51. The molecule has 0 fully saturated rings. The number of nitriles is 1. The monoisotopic (exact) mass is 295 g/mol. The third kappa shape index (κ3) is 2.44. The quantitative estimate of drug-likeness (QED) is 0.666. The van der Waals surface area contributed by atoms with E-state index in [0.29, 0.717) is 11.1 Å². The van der Waals surface area contributed by atoms with Crippen LogP contribution in [0.1, 0.15) is 21.8 Å². The van der Waals surface area contributed by atoms with Gasteiger partial charge in [0.15, 0.2) is 5.78 Å². The van der Waals surface area contributed by atoms with Gasteiger partial charge in [0.25, 0.3) is 0 Å². The lowest BCUT2D eigenvalue weighted by atomic mass is 9.91. The number of rotatable bonds is 3. The number of hydrogen-bond donors (Lipinski definition) is 0.